The van der Waals surface area contributed by atoms with Crippen LogP contribution in [0.4, 0.5) is 10.1 Å². The van der Waals surface area contributed by atoms with Gasteiger partial charge in [-0.15, -0.1) is 0 Å². The fourth-order valence-electron chi connectivity index (χ4n) is 3.24. The molecular formula is C20H22ClFN2O. The third-order valence-corrected chi connectivity index (χ3v) is 5.02. The Morgan fingerprint density at radius 2 is 1.88 bits per heavy atom. The van der Waals surface area contributed by atoms with Gasteiger partial charge in [-0.25, -0.2) is 4.39 Å². The van der Waals surface area contributed by atoms with E-state index in [9.17, 15) is 9.18 Å². The first-order chi connectivity index (χ1) is 12.1. The van der Waals surface area contributed by atoms with Gasteiger partial charge in [0.1, 0.15) is 5.82 Å². The van der Waals surface area contributed by atoms with Crippen molar-refractivity contribution in [3.8, 4) is 0 Å². The molecule has 1 heterocycles. The molecule has 0 atom stereocenters. The normalized spacial score (nSPS) is 14.0. The number of benzene rings is 2. The Hall–Kier alpha value is -2.07. The van der Waals surface area contributed by atoms with Gasteiger partial charge in [-0.1, -0.05) is 35.9 Å². The molecule has 0 aliphatic carbocycles. The number of likely N-dealkylation sites (N-methyl/N-ethyl adjacent to an activating group) is 1. The van der Waals surface area contributed by atoms with Crippen LogP contribution in [-0.4, -0.2) is 30.9 Å². The van der Waals surface area contributed by atoms with Gasteiger partial charge in [-0.05, 0) is 36.6 Å². The Bertz CT molecular complexity index is 739. The molecule has 25 heavy (non-hydrogen) atoms. The van der Waals surface area contributed by atoms with Crippen molar-refractivity contribution in [2.24, 2.45) is 0 Å². The Balaban J connectivity index is 1.72. The fourth-order valence-corrected chi connectivity index (χ4v) is 3.47. The number of hydrogen-bond acceptors (Lipinski definition) is 2. The second-order valence-electron chi connectivity index (χ2n) is 6.45. The van der Waals surface area contributed by atoms with E-state index in [1.807, 2.05) is 18.2 Å². The maximum Gasteiger partial charge on any atom is 0.227 e. The molecule has 0 saturated carbocycles. The van der Waals surface area contributed by atoms with Crippen LogP contribution in [0.3, 0.4) is 0 Å². The van der Waals surface area contributed by atoms with Gasteiger partial charge < -0.3 is 9.80 Å². The average Bonchev–Trinajstić information content (AvgIpc) is 3.13. The molecule has 0 radical (unpaired) electrons. The van der Waals surface area contributed by atoms with Gasteiger partial charge in [0.15, 0.2) is 0 Å². The standard InChI is InChI=1S/C20H22ClFN2O/c1-23(20(25)13-16-17(21)8-6-9-18(16)22)14-15-7-2-3-10-19(15)24-11-4-5-12-24/h2-3,6-10H,4-5,11-14H2,1H3. The van der Waals surface area contributed by atoms with Gasteiger partial charge >= 0.3 is 0 Å². The predicted molar refractivity (Wildman–Crippen MR) is 99.5 cm³/mol. The second kappa shape index (κ2) is 7.87. The van der Waals surface area contributed by atoms with Crippen LogP contribution in [0.5, 0.6) is 0 Å². The van der Waals surface area contributed by atoms with Gasteiger partial charge in [-0.3, -0.25) is 4.79 Å². The molecule has 1 amide bonds. The van der Waals surface area contributed by atoms with Gasteiger partial charge in [0, 0.05) is 43.0 Å². The van der Waals surface area contributed by atoms with Crippen molar-refractivity contribution in [3.05, 3.63) is 64.4 Å². The number of carbonyl (C=O) groups is 1. The summed E-state index contributed by atoms with van der Waals surface area (Å²) < 4.78 is 13.9. The summed E-state index contributed by atoms with van der Waals surface area (Å²) in [6, 6.07) is 12.6. The molecule has 0 bridgehead atoms. The number of rotatable bonds is 5. The topological polar surface area (TPSA) is 23.6 Å². The molecule has 2 aromatic carbocycles. The molecule has 132 valence electrons. The fraction of sp³-hybridized carbons (Fsp3) is 0.350. The van der Waals surface area contributed by atoms with E-state index < -0.39 is 5.82 Å². The lowest BCUT2D eigenvalue weighted by Gasteiger charge is -2.24. The molecule has 1 saturated heterocycles. The number of hydrogen-bond donors (Lipinski definition) is 0. The van der Waals surface area contributed by atoms with Crippen molar-refractivity contribution >= 4 is 23.2 Å². The van der Waals surface area contributed by atoms with Crippen LogP contribution in [0.25, 0.3) is 0 Å². The zero-order chi connectivity index (χ0) is 17.8. The molecule has 3 nitrogen and oxygen atoms in total. The van der Waals surface area contributed by atoms with Crippen LogP contribution in [0.1, 0.15) is 24.0 Å². The predicted octanol–water partition coefficient (Wildman–Crippen LogP) is 4.28. The monoisotopic (exact) mass is 360 g/mol. The second-order valence-corrected chi connectivity index (χ2v) is 6.86. The summed E-state index contributed by atoms with van der Waals surface area (Å²) in [6.45, 7) is 2.61. The average molecular weight is 361 g/mol. The third kappa shape index (κ3) is 4.13. The minimum atomic E-state index is -0.438. The molecule has 0 N–H and O–H groups in total. The molecule has 1 fully saturated rings. The van der Waals surface area contributed by atoms with Crippen LogP contribution in [0.15, 0.2) is 42.5 Å². The Morgan fingerprint density at radius 1 is 1.16 bits per heavy atom. The number of para-hydroxylation sites is 1. The van der Waals surface area contributed by atoms with Gasteiger partial charge in [-0.2, -0.15) is 0 Å². The van der Waals surface area contributed by atoms with Crippen LogP contribution in [0, 0.1) is 5.82 Å². The lowest BCUT2D eigenvalue weighted by Crippen LogP contribution is -2.29. The molecule has 0 unspecified atom stereocenters. The highest BCUT2D eigenvalue weighted by Crippen LogP contribution is 2.26. The summed E-state index contributed by atoms with van der Waals surface area (Å²) in [4.78, 5) is 16.5. The molecule has 5 heteroatoms. The van der Waals surface area contributed by atoms with Crippen LogP contribution >= 0.6 is 11.6 Å². The number of carbonyl (C=O) groups excluding carboxylic acids is 1. The van der Waals surface area contributed by atoms with E-state index in [0.717, 1.165) is 18.7 Å². The molecule has 2 aromatic rings. The summed E-state index contributed by atoms with van der Waals surface area (Å²) >= 11 is 6.03. The van der Waals surface area contributed by atoms with E-state index in [-0.39, 0.29) is 17.9 Å². The molecule has 0 spiro atoms. The first-order valence-corrected chi connectivity index (χ1v) is 8.94. The molecule has 1 aliphatic heterocycles. The van der Waals surface area contributed by atoms with E-state index in [4.69, 9.17) is 11.6 Å². The Morgan fingerprint density at radius 3 is 2.60 bits per heavy atom. The van der Waals surface area contributed by atoms with Crippen molar-refractivity contribution in [1.29, 1.82) is 0 Å². The van der Waals surface area contributed by atoms with Crippen LogP contribution in [0.2, 0.25) is 5.02 Å². The van der Waals surface area contributed by atoms with E-state index in [2.05, 4.69) is 11.0 Å². The number of nitrogens with zero attached hydrogens (tertiary/aromatic N) is 2. The Kier molecular flexibility index (Phi) is 5.59. The Labute approximate surface area is 153 Å². The summed E-state index contributed by atoms with van der Waals surface area (Å²) in [5, 5.41) is 0.291. The summed E-state index contributed by atoms with van der Waals surface area (Å²) in [7, 11) is 1.75. The SMILES string of the molecule is CN(Cc1ccccc1N1CCCC1)C(=O)Cc1c(F)cccc1Cl. The molecule has 0 aromatic heterocycles. The first-order valence-electron chi connectivity index (χ1n) is 8.56. The highest BCUT2D eigenvalue weighted by atomic mass is 35.5. The quantitative estimate of drug-likeness (QED) is 0.794. The number of amides is 1. The largest absolute Gasteiger partial charge is 0.371 e. The van der Waals surface area contributed by atoms with E-state index in [0.29, 0.717) is 11.6 Å². The lowest BCUT2D eigenvalue weighted by molar-refractivity contribution is -0.129. The highest BCUT2D eigenvalue weighted by molar-refractivity contribution is 6.31. The maximum absolute atomic E-state index is 13.9. The van der Waals surface area contributed by atoms with Gasteiger partial charge in [0.25, 0.3) is 0 Å². The van der Waals surface area contributed by atoms with Crippen molar-refractivity contribution in [1.82, 2.24) is 4.90 Å². The van der Waals surface area contributed by atoms with Crippen molar-refractivity contribution in [3.63, 3.8) is 0 Å². The number of anilines is 1. The lowest BCUT2D eigenvalue weighted by atomic mass is 10.1. The zero-order valence-electron chi connectivity index (χ0n) is 14.3. The summed E-state index contributed by atoms with van der Waals surface area (Å²) in [6.07, 6.45) is 2.37. The highest BCUT2D eigenvalue weighted by Gasteiger charge is 2.19. The molecule has 3 rings (SSSR count). The number of halogens is 2. The minimum Gasteiger partial charge on any atom is -0.371 e. The first kappa shape index (κ1) is 17.7. The molecule has 1 aliphatic rings. The van der Waals surface area contributed by atoms with E-state index in [1.54, 1.807) is 24.1 Å². The molecular weight excluding hydrogens is 339 g/mol. The smallest absolute Gasteiger partial charge is 0.227 e. The zero-order valence-corrected chi connectivity index (χ0v) is 15.1. The van der Waals surface area contributed by atoms with Crippen LogP contribution in [-0.2, 0) is 17.8 Å². The van der Waals surface area contributed by atoms with E-state index in [1.165, 1.54) is 24.6 Å². The van der Waals surface area contributed by atoms with Crippen LogP contribution < -0.4 is 4.90 Å². The summed E-state index contributed by atoms with van der Waals surface area (Å²) in [5.41, 5.74) is 2.55. The van der Waals surface area contributed by atoms with Crippen molar-refractivity contribution in [2.75, 3.05) is 25.0 Å². The van der Waals surface area contributed by atoms with Crippen molar-refractivity contribution < 1.29 is 9.18 Å². The van der Waals surface area contributed by atoms with Crippen molar-refractivity contribution in [2.45, 2.75) is 25.8 Å². The van der Waals surface area contributed by atoms with Gasteiger partial charge in [0.2, 0.25) is 5.91 Å². The summed E-state index contributed by atoms with van der Waals surface area (Å²) in [5.74, 6) is -0.588. The minimum absolute atomic E-state index is 0.0338. The maximum atomic E-state index is 13.9. The van der Waals surface area contributed by atoms with Gasteiger partial charge in [0.05, 0.1) is 6.42 Å². The van der Waals surface area contributed by atoms with E-state index >= 15 is 0 Å². The third-order valence-electron chi connectivity index (χ3n) is 4.66.